The summed E-state index contributed by atoms with van der Waals surface area (Å²) >= 11 is 0. The van der Waals surface area contributed by atoms with Gasteiger partial charge >= 0.3 is 0 Å². The van der Waals surface area contributed by atoms with Crippen molar-refractivity contribution in [3.63, 3.8) is 0 Å². The number of nitrogens with one attached hydrogen (secondary N) is 1. The van der Waals surface area contributed by atoms with E-state index in [0.29, 0.717) is 13.0 Å². The zero-order valence-electron chi connectivity index (χ0n) is 18.1. The Labute approximate surface area is 174 Å². The molecule has 0 aliphatic rings. The topological polar surface area (TPSA) is 58.6 Å². The molecule has 2 aromatic rings. The summed E-state index contributed by atoms with van der Waals surface area (Å²) < 4.78 is 5.22. The summed E-state index contributed by atoms with van der Waals surface area (Å²) in [5.74, 6) is 0.585. The van der Waals surface area contributed by atoms with Gasteiger partial charge in [0, 0.05) is 12.6 Å². The van der Waals surface area contributed by atoms with Crippen molar-refractivity contribution in [2.24, 2.45) is 0 Å². The van der Waals surface area contributed by atoms with E-state index in [1.54, 1.807) is 12.0 Å². The second kappa shape index (κ2) is 10.6. The van der Waals surface area contributed by atoms with Crippen molar-refractivity contribution in [3.8, 4) is 5.75 Å². The number of ether oxygens (including phenoxy) is 1. The van der Waals surface area contributed by atoms with Gasteiger partial charge in [-0.2, -0.15) is 0 Å². The number of aryl methyl sites for hydroxylation is 1. The molecule has 1 atom stereocenters. The number of amides is 2. The number of hydrogen-bond donors (Lipinski definition) is 1. The van der Waals surface area contributed by atoms with Crippen molar-refractivity contribution < 1.29 is 14.3 Å². The van der Waals surface area contributed by atoms with Crippen molar-refractivity contribution in [1.29, 1.82) is 0 Å². The molecule has 0 saturated carbocycles. The first-order valence-corrected chi connectivity index (χ1v) is 10.1. The summed E-state index contributed by atoms with van der Waals surface area (Å²) in [5.41, 5.74) is 3.02. The Hall–Kier alpha value is -2.82. The SMILES string of the molecule is CC[C@@H](C(=O)NC(C)C)N(Cc1ccc(OC)cc1)C(=O)Cc1cccc(C)c1. The molecule has 0 spiro atoms. The third-order valence-corrected chi connectivity index (χ3v) is 4.77. The highest BCUT2D eigenvalue weighted by molar-refractivity contribution is 5.88. The predicted octanol–water partition coefficient (Wildman–Crippen LogP) is 3.88. The lowest BCUT2D eigenvalue weighted by Crippen LogP contribution is -2.50. The van der Waals surface area contributed by atoms with Crippen LogP contribution in [0.1, 0.15) is 43.9 Å². The Bertz CT molecular complexity index is 815. The molecule has 1 N–H and O–H groups in total. The largest absolute Gasteiger partial charge is 0.497 e. The van der Waals surface area contributed by atoms with Gasteiger partial charge < -0.3 is 15.0 Å². The molecular formula is C24H32N2O3. The van der Waals surface area contributed by atoms with Crippen LogP contribution in [-0.2, 0) is 22.6 Å². The van der Waals surface area contributed by atoms with Crippen LogP contribution in [0.25, 0.3) is 0 Å². The number of nitrogens with zero attached hydrogens (tertiary/aromatic N) is 1. The molecule has 2 amide bonds. The molecular weight excluding hydrogens is 364 g/mol. The highest BCUT2D eigenvalue weighted by Gasteiger charge is 2.29. The lowest BCUT2D eigenvalue weighted by atomic mass is 10.0. The Morgan fingerprint density at radius 3 is 2.31 bits per heavy atom. The van der Waals surface area contributed by atoms with Crippen LogP contribution in [0.4, 0.5) is 0 Å². The van der Waals surface area contributed by atoms with Gasteiger partial charge in [0.05, 0.1) is 13.5 Å². The van der Waals surface area contributed by atoms with Crippen LogP contribution in [0.3, 0.4) is 0 Å². The second-order valence-corrected chi connectivity index (χ2v) is 7.62. The number of hydrogen-bond acceptors (Lipinski definition) is 3. The van der Waals surface area contributed by atoms with E-state index in [9.17, 15) is 9.59 Å². The van der Waals surface area contributed by atoms with Crippen LogP contribution >= 0.6 is 0 Å². The summed E-state index contributed by atoms with van der Waals surface area (Å²) in [7, 11) is 1.62. The molecule has 29 heavy (non-hydrogen) atoms. The number of carbonyl (C=O) groups excluding carboxylic acids is 2. The van der Waals surface area contributed by atoms with Crippen molar-refractivity contribution >= 4 is 11.8 Å². The van der Waals surface area contributed by atoms with E-state index in [2.05, 4.69) is 5.32 Å². The normalized spacial score (nSPS) is 11.8. The fourth-order valence-corrected chi connectivity index (χ4v) is 3.33. The zero-order valence-corrected chi connectivity index (χ0v) is 18.1. The maximum atomic E-state index is 13.3. The third-order valence-electron chi connectivity index (χ3n) is 4.77. The first kappa shape index (κ1) is 22.5. The smallest absolute Gasteiger partial charge is 0.243 e. The molecule has 2 aromatic carbocycles. The predicted molar refractivity (Wildman–Crippen MR) is 116 cm³/mol. The van der Waals surface area contributed by atoms with E-state index < -0.39 is 6.04 Å². The van der Waals surface area contributed by atoms with Gasteiger partial charge in [0.1, 0.15) is 11.8 Å². The van der Waals surface area contributed by atoms with Gasteiger partial charge in [-0.05, 0) is 50.5 Å². The summed E-state index contributed by atoms with van der Waals surface area (Å²) in [4.78, 5) is 27.8. The molecule has 0 aliphatic heterocycles. The molecule has 0 radical (unpaired) electrons. The Kier molecular flexibility index (Phi) is 8.25. The molecule has 5 nitrogen and oxygen atoms in total. The van der Waals surface area contributed by atoms with E-state index >= 15 is 0 Å². The highest BCUT2D eigenvalue weighted by Crippen LogP contribution is 2.18. The van der Waals surface area contributed by atoms with Crippen LogP contribution < -0.4 is 10.1 Å². The molecule has 0 bridgehead atoms. The maximum Gasteiger partial charge on any atom is 0.243 e. The Morgan fingerprint density at radius 1 is 1.07 bits per heavy atom. The summed E-state index contributed by atoms with van der Waals surface area (Å²) in [5, 5.41) is 2.95. The summed E-state index contributed by atoms with van der Waals surface area (Å²) in [6.07, 6.45) is 0.817. The minimum absolute atomic E-state index is 0.0197. The Morgan fingerprint density at radius 2 is 1.76 bits per heavy atom. The summed E-state index contributed by atoms with van der Waals surface area (Å²) in [6.45, 7) is 8.16. The molecule has 2 rings (SSSR count). The fraction of sp³-hybridized carbons (Fsp3) is 0.417. The maximum absolute atomic E-state index is 13.3. The molecule has 0 fully saturated rings. The monoisotopic (exact) mass is 396 g/mol. The molecule has 0 unspecified atom stereocenters. The van der Waals surface area contributed by atoms with Crippen LogP contribution in [0.5, 0.6) is 5.75 Å². The van der Waals surface area contributed by atoms with Crippen LogP contribution in [0.2, 0.25) is 0 Å². The van der Waals surface area contributed by atoms with Gasteiger partial charge in [0.25, 0.3) is 0 Å². The van der Waals surface area contributed by atoms with E-state index in [1.807, 2.05) is 76.2 Å². The lowest BCUT2D eigenvalue weighted by molar-refractivity contribution is -0.141. The van der Waals surface area contributed by atoms with Crippen molar-refractivity contribution in [3.05, 3.63) is 65.2 Å². The van der Waals surface area contributed by atoms with Gasteiger partial charge in [0.15, 0.2) is 0 Å². The Balaban J connectivity index is 2.28. The van der Waals surface area contributed by atoms with Gasteiger partial charge in [0.2, 0.25) is 11.8 Å². The number of carbonyl (C=O) groups is 2. The molecule has 5 heteroatoms. The molecule has 156 valence electrons. The standard InChI is InChI=1S/C24H32N2O3/c1-6-22(24(28)25-17(2)3)26(16-19-10-12-21(29-5)13-11-19)23(27)15-20-9-7-8-18(4)14-20/h7-14,17,22H,6,15-16H2,1-5H3,(H,25,28)/t22-/m0/s1. The van der Waals surface area contributed by atoms with Crippen molar-refractivity contribution in [2.75, 3.05) is 7.11 Å². The fourth-order valence-electron chi connectivity index (χ4n) is 3.33. The minimum atomic E-state index is -0.517. The lowest BCUT2D eigenvalue weighted by Gasteiger charge is -2.31. The van der Waals surface area contributed by atoms with E-state index in [1.165, 1.54) is 0 Å². The average molecular weight is 397 g/mol. The van der Waals surface area contributed by atoms with Crippen LogP contribution in [-0.4, -0.2) is 35.9 Å². The average Bonchev–Trinajstić information content (AvgIpc) is 2.67. The molecule has 0 aromatic heterocycles. The van der Waals surface area contributed by atoms with Gasteiger partial charge in [-0.15, -0.1) is 0 Å². The van der Waals surface area contributed by atoms with Crippen LogP contribution in [0.15, 0.2) is 48.5 Å². The van der Waals surface area contributed by atoms with E-state index in [4.69, 9.17) is 4.74 Å². The quantitative estimate of drug-likeness (QED) is 0.700. The zero-order chi connectivity index (χ0) is 21.4. The van der Waals surface area contributed by atoms with Crippen LogP contribution in [0, 0.1) is 6.92 Å². The van der Waals surface area contributed by atoms with Gasteiger partial charge in [-0.3, -0.25) is 9.59 Å². The number of methoxy groups -OCH3 is 1. The van der Waals surface area contributed by atoms with E-state index in [0.717, 1.165) is 22.4 Å². The van der Waals surface area contributed by atoms with E-state index in [-0.39, 0.29) is 24.3 Å². The summed E-state index contributed by atoms with van der Waals surface area (Å²) in [6, 6.07) is 15.0. The molecule has 0 aliphatic carbocycles. The molecule has 0 saturated heterocycles. The first-order valence-electron chi connectivity index (χ1n) is 10.1. The van der Waals surface area contributed by atoms with Crippen molar-refractivity contribution in [1.82, 2.24) is 10.2 Å². The first-order chi connectivity index (χ1) is 13.8. The number of benzene rings is 2. The third kappa shape index (κ3) is 6.63. The highest BCUT2D eigenvalue weighted by atomic mass is 16.5. The minimum Gasteiger partial charge on any atom is -0.497 e. The van der Waals surface area contributed by atoms with Gasteiger partial charge in [-0.1, -0.05) is 48.9 Å². The second-order valence-electron chi connectivity index (χ2n) is 7.62. The van der Waals surface area contributed by atoms with Crippen molar-refractivity contribution in [2.45, 2.75) is 59.2 Å². The number of rotatable bonds is 9. The van der Waals surface area contributed by atoms with Gasteiger partial charge in [-0.25, -0.2) is 0 Å². The molecule has 0 heterocycles.